The lowest BCUT2D eigenvalue weighted by Crippen LogP contribution is -2.40. The molecule has 90 valence electrons. The highest BCUT2D eigenvalue weighted by Crippen LogP contribution is 2.12. The van der Waals surface area contributed by atoms with E-state index in [-0.39, 0.29) is 0 Å². The fourth-order valence-corrected chi connectivity index (χ4v) is 1.64. The lowest BCUT2D eigenvalue weighted by atomic mass is 9.97. The van der Waals surface area contributed by atoms with Crippen LogP contribution < -0.4 is 16.0 Å². The predicted octanol–water partition coefficient (Wildman–Crippen LogP) is 2.33. The van der Waals surface area contributed by atoms with E-state index in [0.717, 1.165) is 18.6 Å². The zero-order valence-corrected chi connectivity index (χ0v) is 10.1. The van der Waals surface area contributed by atoms with Crippen LogP contribution in [-0.4, -0.2) is 12.6 Å². The Bertz CT molecular complexity index is 277. The Morgan fingerprint density at radius 3 is 2.56 bits per heavy atom. The molecule has 1 aromatic carbocycles. The molecule has 2 atom stereocenters. The van der Waals surface area contributed by atoms with E-state index in [9.17, 15) is 0 Å². The van der Waals surface area contributed by atoms with Crippen LogP contribution in [0.25, 0.3) is 0 Å². The maximum absolute atomic E-state index is 5.64. The molecule has 2 unspecified atom stereocenters. The summed E-state index contributed by atoms with van der Waals surface area (Å²) in [5, 5.41) is 0. The van der Waals surface area contributed by atoms with E-state index in [0.29, 0.717) is 18.6 Å². The molecule has 0 aromatic heterocycles. The van der Waals surface area contributed by atoms with Crippen molar-refractivity contribution in [2.24, 2.45) is 11.8 Å². The molecule has 0 bridgehead atoms. The first kappa shape index (κ1) is 13.0. The molecule has 0 radical (unpaired) electrons. The third kappa shape index (κ3) is 4.21. The first-order chi connectivity index (χ1) is 7.77. The van der Waals surface area contributed by atoms with Crippen LogP contribution in [0, 0.1) is 5.92 Å². The van der Waals surface area contributed by atoms with Crippen molar-refractivity contribution in [3.05, 3.63) is 30.3 Å². The van der Waals surface area contributed by atoms with E-state index >= 15 is 0 Å². The zero-order valence-electron chi connectivity index (χ0n) is 10.1. The van der Waals surface area contributed by atoms with Crippen molar-refractivity contribution in [3.63, 3.8) is 0 Å². The summed E-state index contributed by atoms with van der Waals surface area (Å²) < 4.78 is 5.64. The number of ether oxygens (including phenoxy) is 1. The summed E-state index contributed by atoms with van der Waals surface area (Å²) in [7, 11) is 0. The highest BCUT2D eigenvalue weighted by molar-refractivity contribution is 5.20. The van der Waals surface area contributed by atoms with E-state index in [1.807, 2.05) is 30.3 Å². The number of benzene rings is 1. The van der Waals surface area contributed by atoms with Gasteiger partial charge in [0.2, 0.25) is 0 Å². The van der Waals surface area contributed by atoms with Crippen molar-refractivity contribution in [3.8, 4) is 5.75 Å². The third-order valence-corrected chi connectivity index (χ3v) is 2.99. The third-order valence-electron chi connectivity index (χ3n) is 2.99. The average molecular weight is 222 g/mol. The van der Waals surface area contributed by atoms with Crippen LogP contribution in [-0.2, 0) is 0 Å². The average Bonchev–Trinajstić information content (AvgIpc) is 2.35. The van der Waals surface area contributed by atoms with Gasteiger partial charge in [-0.3, -0.25) is 11.3 Å². The topological polar surface area (TPSA) is 47.3 Å². The predicted molar refractivity (Wildman–Crippen MR) is 67.1 cm³/mol. The summed E-state index contributed by atoms with van der Waals surface area (Å²) in [6.07, 6.45) is 2.06. The lowest BCUT2D eigenvalue weighted by Gasteiger charge is -2.21. The molecular formula is C13H22N2O. The second kappa shape index (κ2) is 7.25. The van der Waals surface area contributed by atoms with Gasteiger partial charge in [0.15, 0.2) is 0 Å². The standard InChI is InChI=1S/C13H22N2O/c1-3-11(2)13(15-14)9-10-16-12-7-5-4-6-8-12/h4-8,11,13,15H,3,9-10,14H2,1-2H3. The summed E-state index contributed by atoms with van der Waals surface area (Å²) in [5.74, 6) is 7.02. The van der Waals surface area contributed by atoms with Gasteiger partial charge in [0.05, 0.1) is 6.61 Å². The van der Waals surface area contributed by atoms with Gasteiger partial charge in [0.25, 0.3) is 0 Å². The number of hydrogen-bond acceptors (Lipinski definition) is 3. The van der Waals surface area contributed by atoms with Gasteiger partial charge in [-0.2, -0.15) is 0 Å². The van der Waals surface area contributed by atoms with Crippen LogP contribution >= 0.6 is 0 Å². The van der Waals surface area contributed by atoms with Crippen LogP contribution in [0.1, 0.15) is 26.7 Å². The molecule has 0 aliphatic carbocycles. The lowest BCUT2D eigenvalue weighted by molar-refractivity contribution is 0.255. The molecule has 0 fully saturated rings. The van der Waals surface area contributed by atoms with Gasteiger partial charge >= 0.3 is 0 Å². The summed E-state index contributed by atoms with van der Waals surface area (Å²) >= 11 is 0. The number of para-hydroxylation sites is 1. The van der Waals surface area contributed by atoms with Crippen molar-refractivity contribution in [1.29, 1.82) is 0 Å². The van der Waals surface area contributed by atoms with E-state index in [4.69, 9.17) is 10.6 Å². The molecule has 0 aliphatic heterocycles. The molecule has 0 saturated heterocycles. The van der Waals surface area contributed by atoms with Gasteiger partial charge < -0.3 is 4.74 Å². The summed E-state index contributed by atoms with van der Waals surface area (Å²) in [6.45, 7) is 5.07. The first-order valence-electron chi connectivity index (χ1n) is 5.92. The second-order valence-electron chi connectivity index (χ2n) is 4.11. The molecule has 3 nitrogen and oxygen atoms in total. The van der Waals surface area contributed by atoms with E-state index < -0.39 is 0 Å². The fraction of sp³-hybridized carbons (Fsp3) is 0.538. The van der Waals surface area contributed by atoms with Gasteiger partial charge in [-0.15, -0.1) is 0 Å². The van der Waals surface area contributed by atoms with E-state index in [1.165, 1.54) is 0 Å². The van der Waals surface area contributed by atoms with Crippen molar-refractivity contribution >= 4 is 0 Å². The van der Waals surface area contributed by atoms with Crippen LogP contribution in [0.5, 0.6) is 5.75 Å². The van der Waals surface area contributed by atoms with E-state index in [1.54, 1.807) is 0 Å². The molecule has 0 amide bonds. The van der Waals surface area contributed by atoms with Gasteiger partial charge in [-0.25, -0.2) is 0 Å². The van der Waals surface area contributed by atoms with Crippen LogP contribution in [0.3, 0.4) is 0 Å². The molecular weight excluding hydrogens is 200 g/mol. The Morgan fingerprint density at radius 2 is 2.00 bits per heavy atom. The number of rotatable bonds is 7. The van der Waals surface area contributed by atoms with Gasteiger partial charge in [-0.05, 0) is 24.5 Å². The number of hydrogen-bond donors (Lipinski definition) is 2. The highest BCUT2D eigenvalue weighted by Gasteiger charge is 2.13. The molecule has 1 rings (SSSR count). The summed E-state index contributed by atoms with van der Waals surface area (Å²) in [4.78, 5) is 0. The molecule has 16 heavy (non-hydrogen) atoms. The molecule has 0 spiro atoms. The summed E-state index contributed by atoms with van der Waals surface area (Å²) in [5.41, 5.74) is 2.86. The van der Waals surface area contributed by atoms with Crippen molar-refractivity contribution in [1.82, 2.24) is 5.43 Å². The quantitative estimate of drug-likeness (QED) is 0.550. The summed E-state index contributed by atoms with van der Waals surface area (Å²) in [6, 6.07) is 10.2. The van der Waals surface area contributed by atoms with Gasteiger partial charge in [0, 0.05) is 6.04 Å². The Hall–Kier alpha value is -1.06. The molecule has 3 N–H and O–H groups in total. The minimum Gasteiger partial charge on any atom is -0.494 e. The minimum absolute atomic E-state index is 0.328. The monoisotopic (exact) mass is 222 g/mol. The molecule has 0 aliphatic rings. The largest absolute Gasteiger partial charge is 0.494 e. The minimum atomic E-state index is 0.328. The van der Waals surface area contributed by atoms with Crippen LogP contribution in [0.2, 0.25) is 0 Å². The normalized spacial score (nSPS) is 14.4. The molecule has 0 saturated carbocycles. The van der Waals surface area contributed by atoms with Crippen molar-refractivity contribution in [2.45, 2.75) is 32.7 Å². The van der Waals surface area contributed by atoms with Crippen molar-refractivity contribution in [2.75, 3.05) is 6.61 Å². The SMILES string of the molecule is CCC(C)C(CCOc1ccccc1)NN. The second-order valence-corrected chi connectivity index (χ2v) is 4.11. The first-order valence-corrected chi connectivity index (χ1v) is 5.92. The van der Waals surface area contributed by atoms with Gasteiger partial charge in [-0.1, -0.05) is 38.5 Å². The van der Waals surface area contributed by atoms with Gasteiger partial charge in [0.1, 0.15) is 5.75 Å². The fourth-order valence-electron chi connectivity index (χ4n) is 1.64. The maximum atomic E-state index is 5.64. The Kier molecular flexibility index (Phi) is 5.90. The highest BCUT2D eigenvalue weighted by atomic mass is 16.5. The molecule has 3 heteroatoms. The number of nitrogens with two attached hydrogens (primary N) is 1. The smallest absolute Gasteiger partial charge is 0.119 e. The Balaban J connectivity index is 2.28. The van der Waals surface area contributed by atoms with E-state index in [2.05, 4.69) is 19.3 Å². The Labute approximate surface area is 98.0 Å². The van der Waals surface area contributed by atoms with Crippen LogP contribution in [0.4, 0.5) is 0 Å². The molecule has 0 heterocycles. The number of hydrazine groups is 1. The zero-order chi connectivity index (χ0) is 11.8. The molecule has 1 aromatic rings. The number of nitrogens with one attached hydrogen (secondary N) is 1. The Morgan fingerprint density at radius 1 is 1.31 bits per heavy atom. The van der Waals surface area contributed by atoms with Crippen LogP contribution in [0.15, 0.2) is 30.3 Å². The maximum Gasteiger partial charge on any atom is 0.119 e. The van der Waals surface area contributed by atoms with Crippen molar-refractivity contribution < 1.29 is 4.74 Å².